The third-order valence-corrected chi connectivity index (χ3v) is 4.42. The summed E-state index contributed by atoms with van der Waals surface area (Å²) in [5, 5.41) is 10.3. The summed E-state index contributed by atoms with van der Waals surface area (Å²) in [5.74, 6) is 3.88. The summed E-state index contributed by atoms with van der Waals surface area (Å²) in [6.07, 6.45) is 1.53. The third-order valence-electron chi connectivity index (χ3n) is 2.78. The Hall–Kier alpha value is -1.49. The van der Waals surface area contributed by atoms with E-state index in [1.165, 1.54) is 12.1 Å². The molecule has 0 saturated heterocycles. The molecule has 1 aromatic heterocycles. The predicted octanol–water partition coefficient (Wildman–Crippen LogP) is 3.66. The first-order valence-electron chi connectivity index (χ1n) is 6.95. The number of anilines is 1. The van der Waals surface area contributed by atoms with E-state index in [0.29, 0.717) is 6.04 Å². The Labute approximate surface area is 124 Å². The van der Waals surface area contributed by atoms with E-state index in [4.69, 9.17) is 0 Å². The van der Waals surface area contributed by atoms with Crippen molar-refractivity contribution in [2.24, 2.45) is 5.92 Å². The largest absolute Gasteiger partial charge is 0.382 e. The number of thioether (sulfide) groups is 1. The van der Waals surface area contributed by atoms with Gasteiger partial charge in [-0.05, 0) is 30.7 Å². The molecule has 20 heavy (non-hydrogen) atoms. The predicted molar refractivity (Wildman–Crippen MR) is 87.1 cm³/mol. The molecule has 0 unspecified atom stereocenters. The highest BCUT2D eigenvalue weighted by molar-refractivity contribution is 7.99. The van der Waals surface area contributed by atoms with E-state index in [1.54, 1.807) is 0 Å². The fourth-order valence-corrected chi connectivity index (χ4v) is 2.95. The van der Waals surface area contributed by atoms with Gasteiger partial charge in [-0.15, -0.1) is 0 Å². The smallest absolute Gasteiger partial charge is 0.155 e. The van der Waals surface area contributed by atoms with Crippen LogP contribution < -0.4 is 5.32 Å². The van der Waals surface area contributed by atoms with Gasteiger partial charge in [-0.3, -0.25) is 5.10 Å². The number of aromatic amines is 1. The number of hydrogen-bond donors (Lipinski definition) is 2. The lowest BCUT2D eigenvalue weighted by atomic mass is 10.2. The second kappa shape index (κ2) is 7.33. The zero-order valence-electron chi connectivity index (χ0n) is 12.3. The maximum absolute atomic E-state index is 4.18. The lowest BCUT2D eigenvalue weighted by Crippen LogP contribution is -2.18. The Kier molecular flexibility index (Phi) is 5.47. The molecule has 2 rings (SSSR count). The van der Waals surface area contributed by atoms with Crippen molar-refractivity contribution in [1.82, 2.24) is 15.2 Å². The Balaban J connectivity index is 1.91. The minimum Gasteiger partial charge on any atom is -0.382 e. The molecule has 2 aromatic rings. The molecule has 0 aliphatic carbocycles. The number of aromatic nitrogens is 3. The second-order valence-electron chi connectivity index (χ2n) is 5.39. The van der Waals surface area contributed by atoms with E-state index in [2.05, 4.69) is 53.4 Å². The van der Waals surface area contributed by atoms with Crippen LogP contribution in [0.3, 0.4) is 0 Å². The Morgan fingerprint density at radius 1 is 1.25 bits per heavy atom. The number of hydrogen-bond acceptors (Lipinski definition) is 4. The number of nitrogens with one attached hydrogen (secondary N) is 2. The molecule has 1 atom stereocenters. The maximum atomic E-state index is 4.18. The van der Waals surface area contributed by atoms with Crippen LogP contribution in [0.15, 0.2) is 30.6 Å². The van der Waals surface area contributed by atoms with Crippen molar-refractivity contribution < 1.29 is 0 Å². The van der Waals surface area contributed by atoms with Gasteiger partial charge >= 0.3 is 0 Å². The van der Waals surface area contributed by atoms with E-state index in [1.807, 2.05) is 23.9 Å². The molecule has 1 aromatic carbocycles. The van der Waals surface area contributed by atoms with Gasteiger partial charge in [-0.1, -0.05) is 26.0 Å². The molecule has 0 aliphatic heterocycles. The van der Waals surface area contributed by atoms with Crippen molar-refractivity contribution in [2.75, 3.05) is 16.8 Å². The van der Waals surface area contributed by atoms with Crippen LogP contribution in [0.1, 0.15) is 20.8 Å². The first kappa shape index (κ1) is 14.9. The van der Waals surface area contributed by atoms with Crippen molar-refractivity contribution in [3.63, 3.8) is 0 Å². The highest BCUT2D eigenvalue weighted by atomic mass is 32.2. The number of H-pyrrole nitrogens is 1. The van der Waals surface area contributed by atoms with E-state index >= 15 is 0 Å². The third kappa shape index (κ3) is 4.56. The molecule has 0 spiro atoms. The zero-order valence-corrected chi connectivity index (χ0v) is 13.1. The van der Waals surface area contributed by atoms with Crippen LogP contribution >= 0.6 is 11.8 Å². The number of nitrogens with zero attached hydrogens (tertiary/aromatic N) is 2. The highest BCUT2D eigenvalue weighted by Gasteiger charge is 2.05. The van der Waals surface area contributed by atoms with Crippen LogP contribution in [0, 0.1) is 5.92 Å². The highest BCUT2D eigenvalue weighted by Crippen LogP contribution is 2.20. The Morgan fingerprint density at radius 3 is 2.80 bits per heavy atom. The lowest BCUT2D eigenvalue weighted by Gasteiger charge is -2.16. The molecule has 0 aliphatic rings. The summed E-state index contributed by atoms with van der Waals surface area (Å²) in [7, 11) is 0. The molecule has 1 heterocycles. The van der Waals surface area contributed by atoms with E-state index in [9.17, 15) is 0 Å². The summed E-state index contributed by atoms with van der Waals surface area (Å²) < 4.78 is 0. The summed E-state index contributed by atoms with van der Waals surface area (Å²) in [6, 6.07) is 8.70. The molecule has 0 bridgehead atoms. The maximum Gasteiger partial charge on any atom is 0.155 e. The van der Waals surface area contributed by atoms with Crippen LogP contribution in [0.5, 0.6) is 0 Å². The summed E-state index contributed by atoms with van der Waals surface area (Å²) in [4.78, 5) is 4.18. The minimum atomic E-state index is 0.448. The molecule has 5 heteroatoms. The van der Waals surface area contributed by atoms with Gasteiger partial charge in [-0.2, -0.15) is 16.9 Å². The molecule has 108 valence electrons. The summed E-state index contributed by atoms with van der Waals surface area (Å²) in [6.45, 7) is 6.73. The average molecular weight is 290 g/mol. The van der Waals surface area contributed by atoms with E-state index < -0.39 is 0 Å². The Morgan fingerprint density at radius 2 is 2.10 bits per heavy atom. The second-order valence-corrected chi connectivity index (χ2v) is 6.47. The van der Waals surface area contributed by atoms with Gasteiger partial charge in [0.1, 0.15) is 6.33 Å². The lowest BCUT2D eigenvalue weighted by molar-refractivity contribution is 0.748. The van der Waals surface area contributed by atoms with Gasteiger partial charge in [0, 0.05) is 23.0 Å². The first-order valence-corrected chi connectivity index (χ1v) is 8.10. The Bertz CT molecular complexity index is 510. The minimum absolute atomic E-state index is 0.448. The molecule has 0 radical (unpaired) electrons. The molecule has 2 N–H and O–H groups in total. The van der Waals surface area contributed by atoms with Crippen LogP contribution in [-0.2, 0) is 0 Å². The van der Waals surface area contributed by atoms with Crippen molar-refractivity contribution in [3.8, 4) is 11.4 Å². The SMILES string of the molecule is CC(C)CSC[C@@H](C)Nc1cccc(-c2ncn[nH]2)c1. The standard InChI is InChI=1S/C15H22N4S/c1-11(2)8-20-9-12(3)18-14-6-4-5-13(7-14)15-16-10-17-19-15/h4-7,10-12,18H,8-9H2,1-3H3,(H,16,17,19)/t12-/m1/s1. The molecule has 0 saturated carbocycles. The molecular formula is C15H22N4S. The van der Waals surface area contributed by atoms with E-state index in [0.717, 1.165) is 28.7 Å². The molecule has 4 nitrogen and oxygen atoms in total. The van der Waals surface area contributed by atoms with Crippen molar-refractivity contribution in [3.05, 3.63) is 30.6 Å². The fraction of sp³-hybridized carbons (Fsp3) is 0.467. The normalized spacial score (nSPS) is 12.6. The van der Waals surface area contributed by atoms with Crippen LogP contribution in [-0.4, -0.2) is 32.7 Å². The monoisotopic (exact) mass is 290 g/mol. The summed E-state index contributed by atoms with van der Waals surface area (Å²) in [5.41, 5.74) is 2.17. The van der Waals surface area contributed by atoms with Gasteiger partial charge in [0.05, 0.1) is 0 Å². The van der Waals surface area contributed by atoms with Gasteiger partial charge < -0.3 is 5.32 Å². The molecular weight excluding hydrogens is 268 g/mol. The van der Waals surface area contributed by atoms with Gasteiger partial charge in [-0.25, -0.2) is 4.98 Å². The topological polar surface area (TPSA) is 53.6 Å². The van der Waals surface area contributed by atoms with Crippen LogP contribution in [0.4, 0.5) is 5.69 Å². The van der Waals surface area contributed by atoms with Crippen molar-refractivity contribution in [1.29, 1.82) is 0 Å². The van der Waals surface area contributed by atoms with E-state index in [-0.39, 0.29) is 0 Å². The van der Waals surface area contributed by atoms with Crippen molar-refractivity contribution >= 4 is 17.4 Å². The summed E-state index contributed by atoms with van der Waals surface area (Å²) >= 11 is 2.00. The van der Waals surface area contributed by atoms with Gasteiger partial charge in [0.25, 0.3) is 0 Å². The van der Waals surface area contributed by atoms with Crippen LogP contribution in [0.25, 0.3) is 11.4 Å². The molecule has 0 fully saturated rings. The fourth-order valence-electron chi connectivity index (χ4n) is 1.91. The quantitative estimate of drug-likeness (QED) is 0.817. The zero-order chi connectivity index (χ0) is 14.4. The average Bonchev–Trinajstić information content (AvgIpc) is 2.92. The number of rotatable bonds is 7. The van der Waals surface area contributed by atoms with Gasteiger partial charge in [0.15, 0.2) is 5.82 Å². The number of benzene rings is 1. The van der Waals surface area contributed by atoms with Crippen LogP contribution in [0.2, 0.25) is 0 Å². The first-order chi connectivity index (χ1) is 9.65. The van der Waals surface area contributed by atoms with Gasteiger partial charge in [0.2, 0.25) is 0 Å². The van der Waals surface area contributed by atoms with Crippen molar-refractivity contribution in [2.45, 2.75) is 26.8 Å². The molecule has 0 amide bonds.